The summed E-state index contributed by atoms with van der Waals surface area (Å²) in [5.74, 6) is -0.0652. The lowest BCUT2D eigenvalue weighted by molar-refractivity contribution is -0.124. The van der Waals surface area contributed by atoms with Crippen LogP contribution in [0.25, 0.3) is 0 Å². The Kier molecular flexibility index (Phi) is 22.1. The molecule has 1 amide bonds. The van der Waals surface area contributed by atoms with Crippen LogP contribution >= 0.6 is 0 Å². The molecule has 0 aromatic heterocycles. The summed E-state index contributed by atoms with van der Waals surface area (Å²) >= 11 is 0. The number of unbranched alkanes of at least 4 members (excludes halogenated alkanes) is 15. The molecule has 5 heteroatoms. The summed E-state index contributed by atoms with van der Waals surface area (Å²) in [5.41, 5.74) is 0. The van der Waals surface area contributed by atoms with Crippen LogP contribution < -0.4 is 5.32 Å². The van der Waals surface area contributed by atoms with E-state index >= 15 is 0 Å². The van der Waals surface area contributed by atoms with E-state index in [1.165, 1.54) is 77.0 Å². The maximum Gasteiger partial charge on any atom is 0.220 e. The summed E-state index contributed by atoms with van der Waals surface area (Å²) in [6, 6.07) is -0.492. The largest absolute Gasteiger partial charge is 0.394 e. The quantitative estimate of drug-likeness (QED) is 0.154. The van der Waals surface area contributed by atoms with E-state index in [1.54, 1.807) is 0 Å². The highest BCUT2D eigenvalue weighted by molar-refractivity contribution is 5.76. The highest BCUT2D eigenvalue weighted by atomic mass is 16.4. The van der Waals surface area contributed by atoms with Crippen molar-refractivity contribution in [3.8, 4) is 0 Å². The van der Waals surface area contributed by atoms with Crippen LogP contribution in [0.15, 0.2) is 0 Å². The Hall–Kier alpha value is -0.650. The molecule has 186 valence electrons. The van der Waals surface area contributed by atoms with Crippen LogP contribution in [-0.4, -0.2) is 46.1 Å². The Labute approximate surface area is 192 Å². The van der Waals surface area contributed by atoms with E-state index in [0.717, 1.165) is 32.1 Å². The molecular weight excluding hydrogens is 390 g/mol. The van der Waals surface area contributed by atoms with Crippen molar-refractivity contribution < 1.29 is 20.1 Å². The van der Waals surface area contributed by atoms with Gasteiger partial charge in [-0.1, -0.05) is 117 Å². The summed E-state index contributed by atoms with van der Waals surface area (Å²) in [5, 5.41) is 32.2. The van der Waals surface area contributed by atoms with Gasteiger partial charge in [0.25, 0.3) is 0 Å². The molecule has 31 heavy (non-hydrogen) atoms. The summed E-state index contributed by atoms with van der Waals surface area (Å²) in [6.07, 6.45) is 19.3. The molecule has 3 atom stereocenters. The van der Waals surface area contributed by atoms with Gasteiger partial charge in [0.15, 0.2) is 0 Å². The molecule has 0 unspecified atom stereocenters. The molecule has 0 spiro atoms. The average molecular weight is 444 g/mol. The molecule has 0 saturated carbocycles. The van der Waals surface area contributed by atoms with Gasteiger partial charge in [-0.25, -0.2) is 0 Å². The lowest BCUT2D eigenvalue weighted by Crippen LogP contribution is -2.49. The molecule has 0 aromatic carbocycles. The minimum atomic E-state index is -1.22. The Bertz CT molecular complexity index is 392. The van der Waals surface area contributed by atoms with Gasteiger partial charge in [0.2, 0.25) is 5.91 Å². The molecule has 0 saturated heterocycles. The lowest BCUT2D eigenvalue weighted by atomic mass is 9.98. The molecule has 0 radical (unpaired) electrons. The third kappa shape index (κ3) is 18.6. The molecule has 0 rings (SSSR count). The number of rotatable bonds is 23. The summed E-state index contributed by atoms with van der Waals surface area (Å²) in [7, 11) is 0. The first kappa shape index (κ1) is 30.4. The molecule has 5 nitrogen and oxygen atoms in total. The van der Waals surface area contributed by atoms with Gasteiger partial charge in [0, 0.05) is 6.42 Å². The highest BCUT2D eigenvalue weighted by Crippen LogP contribution is 2.15. The van der Waals surface area contributed by atoms with Crippen molar-refractivity contribution in [3.05, 3.63) is 0 Å². The van der Waals surface area contributed by atoms with Crippen molar-refractivity contribution in [1.29, 1.82) is 0 Å². The van der Waals surface area contributed by atoms with Gasteiger partial charge < -0.3 is 20.6 Å². The van der Waals surface area contributed by atoms with Crippen LogP contribution in [0, 0.1) is 0 Å². The summed E-state index contributed by atoms with van der Waals surface area (Å²) in [4.78, 5) is 12.3. The second-order valence-electron chi connectivity index (χ2n) is 9.26. The van der Waals surface area contributed by atoms with Crippen LogP contribution in [-0.2, 0) is 4.79 Å². The molecule has 0 heterocycles. The van der Waals surface area contributed by atoms with Gasteiger partial charge in [-0.15, -0.1) is 0 Å². The fraction of sp³-hybridized carbons (Fsp3) is 0.962. The predicted octanol–water partition coefficient (Wildman–Crippen LogP) is 5.64. The zero-order valence-corrected chi connectivity index (χ0v) is 20.6. The maximum absolute atomic E-state index is 12.3. The predicted molar refractivity (Wildman–Crippen MR) is 130 cm³/mol. The standard InChI is InChI=1S/C26H53NO4/c1-3-5-7-9-10-11-12-13-14-15-17-18-20-23(26(31)24(29)22-28)27-25(30)21-19-16-8-6-4-2/h23-24,26,28-29,31H,3-22H2,1-2H3,(H,27,30)/t23-,24+,26+/m1/s1. The zero-order chi connectivity index (χ0) is 23.2. The normalized spacial score (nSPS) is 14.4. The lowest BCUT2D eigenvalue weighted by Gasteiger charge is -2.27. The monoisotopic (exact) mass is 443 g/mol. The van der Waals surface area contributed by atoms with E-state index in [9.17, 15) is 15.0 Å². The van der Waals surface area contributed by atoms with Crippen LogP contribution in [0.3, 0.4) is 0 Å². The SMILES string of the molecule is CCCCCCCCCCCCCC[C@@H](NC(=O)CCCCCCC)[C@H](O)[C@@H](O)CO. The number of nitrogens with one attached hydrogen (secondary N) is 1. The average Bonchev–Trinajstić information content (AvgIpc) is 2.77. The fourth-order valence-electron chi connectivity index (χ4n) is 4.08. The summed E-state index contributed by atoms with van der Waals surface area (Å²) in [6.45, 7) is 3.92. The van der Waals surface area contributed by atoms with Crippen LogP contribution in [0.4, 0.5) is 0 Å². The van der Waals surface area contributed by atoms with Gasteiger partial charge in [0.05, 0.1) is 12.6 Å². The van der Waals surface area contributed by atoms with Crippen LogP contribution in [0.1, 0.15) is 136 Å². The minimum absolute atomic E-state index is 0.0652. The number of hydrogen-bond acceptors (Lipinski definition) is 4. The number of hydrogen-bond donors (Lipinski definition) is 4. The van der Waals surface area contributed by atoms with Gasteiger partial charge in [-0.2, -0.15) is 0 Å². The molecule has 0 aliphatic rings. The number of carbonyl (C=O) groups is 1. The van der Waals surface area contributed by atoms with Gasteiger partial charge in [0.1, 0.15) is 12.2 Å². The fourth-order valence-corrected chi connectivity index (χ4v) is 4.08. The number of amides is 1. The van der Waals surface area contributed by atoms with Crippen molar-refractivity contribution >= 4 is 5.91 Å². The van der Waals surface area contributed by atoms with E-state index in [0.29, 0.717) is 12.8 Å². The second kappa shape index (κ2) is 22.5. The molecule has 0 fully saturated rings. The maximum atomic E-state index is 12.3. The first-order valence-corrected chi connectivity index (χ1v) is 13.3. The van der Waals surface area contributed by atoms with Crippen molar-refractivity contribution in [2.24, 2.45) is 0 Å². The first-order chi connectivity index (χ1) is 15.1. The molecule has 0 aliphatic carbocycles. The Morgan fingerprint density at radius 3 is 1.55 bits per heavy atom. The number of aliphatic hydroxyl groups is 3. The third-order valence-corrected chi connectivity index (χ3v) is 6.22. The Morgan fingerprint density at radius 1 is 0.677 bits per heavy atom. The van der Waals surface area contributed by atoms with Gasteiger partial charge in [-0.3, -0.25) is 4.79 Å². The van der Waals surface area contributed by atoms with E-state index < -0.39 is 24.9 Å². The molecule has 0 bridgehead atoms. The van der Waals surface area contributed by atoms with Crippen LogP contribution in [0.2, 0.25) is 0 Å². The van der Waals surface area contributed by atoms with E-state index in [2.05, 4.69) is 19.2 Å². The van der Waals surface area contributed by atoms with Crippen molar-refractivity contribution in [1.82, 2.24) is 5.32 Å². The number of aliphatic hydroxyl groups excluding tert-OH is 3. The Morgan fingerprint density at radius 2 is 1.10 bits per heavy atom. The zero-order valence-electron chi connectivity index (χ0n) is 20.6. The molecule has 0 aliphatic heterocycles. The smallest absolute Gasteiger partial charge is 0.220 e. The summed E-state index contributed by atoms with van der Waals surface area (Å²) < 4.78 is 0. The molecule has 4 N–H and O–H groups in total. The Balaban J connectivity index is 3.99. The van der Waals surface area contributed by atoms with Crippen LogP contribution in [0.5, 0.6) is 0 Å². The third-order valence-electron chi connectivity index (χ3n) is 6.22. The van der Waals surface area contributed by atoms with Gasteiger partial charge in [-0.05, 0) is 12.8 Å². The van der Waals surface area contributed by atoms with E-state index in [1.807, 2.05) is 0 Å². The first-order valence-electron chi connectivity index (χ1n) is 13.3. The van der Waals surface area contributed by atoms with E-state index in [4.69, 9.17) is 5.11 Å². The van der Waals surface area contributed by atoms with E-state index in [-0.39, 0.29) is 5.91 Å². The van der Waals surface area contributed by atoms with Crippen molar-refractivity contribution in [3.63, 3.8) is 0 Å². The van der Waals surface area contributed by atoms with Crippen molar-refractivity contribution in [2.45, 2.75) is 154 Å². The second-order valence-corrected chi connectivity index (χ2v) is 9.26. The number of carbonyl (C=O) groups excluding carboxylic acids is 1. The molecular formula is C26H53NO4. The highest BCUT2D eigenvalue weighted by Gasteiger charge is 2.26. The van der Waals surface area contributed by atoms with Gasteiger partial charge >= 0.3 is 0 Å². The molecule has 0 aromatic rings. The minimum Gasteiger partial charge on any atom is -0.394 e. The topological polar surface area (TPSA) is 89.8 Å². The van der Waals surface area contributed by atoms with Crippen molar-refractivity contribution in [2.75, 3.05) is 6.61 Å².